The van der Waals surface area contributed by atoms with Crippen molar-refractivity contribution in [2.75, 3.05) is 11.1 Å². The molecule has 2 rings (SSSR count). The Balaban J connectivity index is 2.03. The summed E-state index contributed by atoms with van der Waals surface area (Å²) >= 11 is 1.85. The minimum atomic E-state index is 0.730. The van der Waals surface area contributed by atoms with Gasteiger partial charge < -0.3 is 10.3 Å². The summed E-state index contributed by atoms with van der Waals surface area (Å²) in [5, 5.41) is 3.39. The zero-order chi connectivity index (χ0) is 11.2. The van der Waals surface area contributed by atoms with E-state index >= 15 is 0 Å². The van der Waals surface area contributed by atoms with Gasteiger partial charge in [0.2, 0.25) is 0 Å². The summed E-state index contributed by atoms with van der Waals surface area (Å²) in [7, 11) is 0. The number of benzene rings is 1. The van der Waals surface area contributed by atoms with Crippen molar-refractivity contribution in [1.29, 1.82) is 0 Å². The van der Waals surface area contributed by atoms with Gasteiger partial charge in [-0.3, -0.25) is 0 Å². The van der Waals surface area contributed by atoms with Gasteiger partial charge in [-0.1, -0.05) is 19.1 Å². The highest BCUT2D eigenvalue weighted by atomic mass is 32.2. The molecule has 0 amide bonds. The number of aromatic amines is 1. The number of nitrogens with zero attached hydrogens (tertiary/aromatic N) is 1. The van der Waals surface area contributed by atoms with E-state index in [0.717, 1.165) is 18.1 Å². The van der Waals surface area contributed by atoms with Crippen molar-refractivity contribution in [3.63, 3.8) is 0 Å². The largest absolute Gasteiger partial charge is 0.377 e. The Morgan fingerprint density at radius 2 is 2.25 bits per heavy atom. The van der Waals surface area contributed by atoms with Crippen molar-refractivity contribution in [1.82, 2.24) is 9.97 Å². The van der Waals surface area contributed by atoms with Crippen LogP contribution in [0.2, 0.25) is 0 Å². The van der Waals surface area contributed by atoms with Gasteiger partial charge in [0, 0.05) is 23.0 Å². The topological polar surface area (TPSA) is 40.7 Å². The highest BCUT2D eigenvalue weighted by Crippen LogP contribution is 2.26. The molecule has 4 heteroatoms. The molecule has 2 N–H and O–H groups in total. The Morgan fingerprint density at radius 3 is 3.00 bits per heavy atom. The van der Waals surface area contributed by atoms with Gasteiger partial charge in [0.25, 0.3) is 0 Å². The highest BCUT2D eigenvalue weighted by molar-refractivity contribution is 7.99. The summed E-state index contributed by atoms with van der Waals surface area (Å²) in [6.45, 7) is 2.89. The standard InChI is InChI=1S/C12H15N3S/c1-2-16-11-6-4-3-5-10(11)15-9-12-13-7-8-14-12/h3-8,15H,2,9H2,1H3,(H,13,14). The van der Waals surface area contributed by atoms with Gasteiger partial charge in [-0.05, 0) is 17.9 Å². The number of thioether (sulfide) groups is 1. The maximum Gasteiger partial charge on any atom is 0.125 e. The van der Waals surface area contributed by atoms with Crippen LogP contribution in [0.5, 0.6) is 0 Å². The third kappa shape index (κ3) is 2.79. The molecule has 0 aliphatic heterocycles. The second kappa shape index (κ2) is 5.61. The van der Waals surface area contributed by atoms with Gasteiger partial charge in [-0.15, -0.1) is 11.8 Å². The molecule has 0 unspecified atom stereocenters. The molecule has 16 heavy (non-hydrogen) atoms. The summed E-state index contributed by atoms with van der Waals surface area (Å²) in [4.78, 5) is 8.55. The Labute approximate surface area is 99.7 Å². The lowest BCUT2D eigenvalue weighted by atomic mass is 10.3. The molecule has 84 valence electrons. The van der Waals surface area contributed by atoms with E-state index < -0.39 is 0 Å². The molecule has 0 spiro atoms. The van der Waals surface area contributed by atoms with Gasteiger partial charge in [0.1, 0.15) is 5.82 Å². The van der Waals surface area contributed by atoms with Crippen LogP contribution in [0.4, 0.5) is 5.69 Å². The molecule has 0 aliphatic rings. The molecular formula is C12H15N3S. The molecular weight excluding hydrogens is 218 g/mol. The Kier molecular flexibility index (Phi) is 3.88. The maximum atomic E-state index is 4.18. The van der Waals surface area contributed by atoms with Crippen LogP contribution in [0.25, 0.3) is 0 Å². The fraction of sp³-hybridized carbons (Fsp3) is 0.250. The number of anilines is 1. The first kappa shape index (κ1) is 11.1. The van der Waals surface area contributed by atoms with Crippen LogP contribution >= 0.6 is 11.8 Å². The first-order chi connectivity index (χ1) is 7.90. The van der Waals surface area contributed by atoms with Crippen LogP contribution in [0.15, 0.2) is 41.6 Å². The second-order valence-corrected chi connectivity index (χ2v) is 4.62. The maximum absolute atomic E-state index is 4.18. The Hall–Kier alpha value is -1.42. The molecule has 1 aromatic heterocycles. The van der Waals surface area contributed by atoms with Gasteiger partial charge in [0.15, 0.2) is 0 Å². The van der Waals surface area contributed by atoms with E-state index in [1.807, 2.05) is 24.0 Å². The molecule has 1 aromatic carbocycles. The summed E-state index contributed by atoms with van der Waals surface area (Å²) in [5.74, 6) is 2.04. The number of hydrogen-bond acceptors (Lipinski definition) is 3. The predicted octanol–water partition coefficient (Wildman–Crippen LogP) is 3.13. The van der Waals surface area contributed by atoms with Crippen molar-refractivity contribution < 1.29 is 0 Å². The lowest BCUT2D eigenvalue weighted by Gasteiger charge is -2.09. The normalized spacial score (nSPS) is 10.3. The lowest BCUT2D eigenvalue weighted by Crippen LogP contribution is -2.02. The first-order valence-corrected chi connectivity index (χ1v) is 6.32. The van der Waals surface area contributed by atoms with Gasteiger partial charge in [-0.2, -0.15) is 0 Å². The monoisotopic (exact) mass is 233 g/mol. The number of nitrogens with one attached hydrogen (secondary N) is 2. The number of hydrogen-bond donors (Lipinski definition) is 2. The summed E-state index contributed by atoms with van der Waals surface area (Å²) in [5.41, 5.74) is 1.17. The summed E-state index contributed by atoms with van der Waals surface area (Å²) in [6.07, 6.45) is 3.60. The van der Waals surface area contributed by atoms with Crippen LogP contribution in [-0.4, -0.2) is 15.7 Å². The Morgan fingerprint density at radius 1 is 1.38 bits per heavy atom. The van der Waals surface area contributed by atoms with Crippen molar-refractivity contribution in [2.24, 2.45) is 0 Å². The minimum absolute atomic E-state index is 0.730. The summed E-state index contributed by atoms with van der Waals surface area (Å²) < 4.78 is 0. The quantitative estimate of drug-likeness (QED) is 0.779. The van der Waals surface area contributed by atoms with Crippen LogP contribution in [0.1, 0.15) is 12.7 Å². The minimum Gasteiger partial charge on any atom is -0.377 e. The van der Waals surface area contributed by atoms with E-state index in [9.17, 15) is 0 Å². The third-order valence-corrected chi connectivity index (χ3v) is 3.14. The van der Waals surface area contributed by atoms with Crippen molar-refractivity contribution >= 4 is 17.4 Å². The predicted molar refractivity (Wildman–Crippen MR) is 68.8 cm³/mol. The van der Waals surface area contributed by atoms with E-state index in [4.69, 9.17) is 0 Å². The van der Waals surface area contributed by atoms with Crippen molar-refractivity contribution in [3.05, 3.63) is 42.5 Å². The SMILES string of the molecule is CCSc1ccccc1NCc1ncc[nH]1. The van der Waals surface area contributed by atoms with E-state index in [0.29, 0.717) is 0 Å². The fourth-order valence-corrected chi connectivity index (χ4v) is 2.25. The molecule has 0 radical (unpaired) electrons. The van der Waals surface area contributed by atoms with E-state index in [1.54, 1.807) is 6.20 Å². The zero-order valence-electron chi connectivity index (χ0n) is 9.23. The molecule has 1 heterocycles. The van der Waals surface area contributed by atoms with Crippen molar-refractivity contribution in [2.45, 2.75) is 18.4 Å². The number of aromatic nitrogens is 2. The molecule has 2 aromatic rings. The van der Waals surface area contributed by atoms with Crippen LogP contribution in [-0.2, 0) is 6.54 Å². The number of H-pyrrole nitrogens is 1. The smallest absolute Gasteiger partial charge is 0.125 e. The first-order valence-electron chi connectivity index (χ1n) is 5.34. The fourth-order valence-electron chi connectivity index (χ4n) is 1.47. The average Bonchev–Trinajstić information content (AvgIpc) is 2.81. The molecule has 0 aliphatic carbocycles. The molecule has 0 saturated heterocycles. The summed E-state index contributed by atoms with van der Waals surface area (Å²) in [6, 6.07) is 8.35. The lowest BCUT2D eigenvalue weighted by molar-refractivity contribution is 0.994. The molecule has 0 atom stereocenters. The van der Waals surface area contributed by atoms with Crippen LogP contribution < -0.4 is 5.32 Å². The van der Waals surface area contributed by atoms with Crippen LogP contribution in [0, 0.1) is 0 Å². The number of para-hydroxylation sites is 1. The zero-order valence-corrected chi connectivity index (χ0v) is 10.1. The van der Waals surface area contributed by atoms with Gasteiger partial charge in [-0.25, -0.2) is 4.98 Å². The average molecular weight is 233 g/mol. The molecule has 3 nitrogen and oxygen atoms in total. The van der Waals surface area contributed by atoms with Gasteiger partial charge >= 0.3 is 0 Å². The third-order valence-electron chi connectivity index (χ3n) is 2.19. The van der Waals surface area contributed by atoms with Crippen LogP contribution in [0.3, 0.4) is 0 Å². The Bertz CT molecular complexity index is 426. The molecule has 0 bridgehead atoms. The molecule has 0 fully saturated rings. The van der Waals surface area contributed by atoms with E-state index in [-0.39, 0.29) is 0 Å². The van der Waals surface area contributed by atoms with Gasteiger partial charge in [0.05, 0.1) is 6.54 Å². The molecule has 0 saturated carbocycles. The second-order valence-electron chi connectivity index (χ2n) is 3.32. The number of rotatable bonds is 5. The highest BCUT2D eigenvalue weighted by Gasteiger charge is 2.01. The van der Waals surface area contributed by atoms with E-state index in [1.165, 1.54) is 10.6 Å². The van der Waals surface area contributed by atoms with Crippen molar-refractivity contribution in [3.8, 4) is 0 Å². The van der Waals surface area contributed by atoms with E-state index in [2.05, 4.69) is 40.4 Å². The number of imidazole rings is 1.